The Morgan fingerprint density at radius 2 is 1.81 bits per heavy atom. The highest BCUT2D eigenvalue weighted by atomic mass is 16.2. The van der Waals surface area contributed by atoms with E-state index in [-0.39, 0.29) is 24.4 Å². The SMILES string of the molecule is Cc1cnc(Cn2ccc(C)c(C(=O)Nc3ccccc3CC(=O)N(C)C)c2=O)cn1. The number of benzene rings is 1. The van der Waals surface area contributed by atoms with Crippen molar-refractivity contribution in [2.45, 2.75) is 26.8 Å². The molecule has 2 aromatic heterocycles. The van der Waals surface area contributed by atoms with Gasteiger partial charge in [0.15, 0.2) is 0 Å². The number of hydrogen-bond acceptors (Lipinski definition) is 5. The Labute approximate surface area is 180 Å². The molecule has 1 aromatic carbocycles. The lowest BCUT2D eigenvalue weighted by Crippen LogP contribution is -2.31. The number of nitrogens with zero attached hydrogens (tertiary/aromatic N) is 4. The molecule has 0 aliphatic carbocycles. The minimum Gasteiger partial charge on any atom is -0.349 e. The zero-order valence-electron chi connectivity index (χ0n) is 18.0. The van der Waals surface area contributed by atoms with Crippen LogP contribution in [0.4, 0.5) is 5.69 Å². The van der Waals surface area contributed by atoms with Crippen LogP contribution in [0.15, 0.2) is 53.7 Å². The molecule has 0 spiro atoms. The summed E-state index contributed by atoms with van der Waals surface area (Å²) in [7, 11) is 3.36. The van der Waals surface area contributed by atoms with Crippen LogP contribution in [0.2, 0.25) is 0 Å². The Bertz CT molecular complexity index is 1170. The molecule has 3 rings (SSSR count). The Kier molecular flexibility index (Phi) is 6.59. The molecule has 0 bridgehead atoms. The predicted molar refractivity (Wildman–Crippen MR) is 118 cm³/mol. The van der Waals surface area contributed by atoms with Crippen molar-refractivity contribution in [2.24, 2.45) is 0 Å². The van der Waals surface area contributed by atoms with Crippen molar-refractivity contribution in [1.29, 1.82) is 0 Å². The second-order valence-electron chi connectivity index (χ2n) is 7.53. The monoisotopic (exact) mass is 419 g/mol. The molecule has 0 saturated carbocycles. The first kappa shape index (κ1) is 21.9. The van der Waals surface area contributed by atoms with Crippen molar-refractivity contribution < 1.29 is 9.59 Å². The molecule has 31 heavy (non-hydrogen) atoms. The molecular formula is C23H25N5O3. The highest BCUT2D eigenvalue weighted by Crippen LogP contribution is 2.18. The molecular weight excluding hydrogens is 394 g/mol. The summed E-state index contributed by atoms with van der Waals surface area (Å²) in [5.41, 5.74) is 2.79. The molecule has 0 atom stereocenters. The van der Waals surface area contributed by atoms with E-state index in [0.29, 0.717) is 22.5 Å². The highest BCUT2D eigenvalue weighted by molar-refractivity contribution is 6.05. The molecule has 160 valence electrons. The van der Waals surface area contributed by atoms with Crippen molar-refractivity contribution in [3.05, 3.63) is 87.4 Å². The van der Waals surface area contributed by atoms with Gasteiger partial charge in [-0.2, -0.15) is 0 Å². The van der Waals surface area contributed by atoms with E-state index in [1.807, 2.05) is 6.92 Å². The van der Waals surface area contributed by atoms with Gasteiger partial charge in [-0.1, -0.05) is 18.2 Å². The topological polar surface area (TPSA) is 97.2 Å². The number of aromatic nitrogens is 3. The van der Waals surface area contributed by atoms with Gasteiger partial charge in [-0.3, -0.25) is 24.4 Å². The number of para-hydroxylation sites is 1. The van der Waals surface area contributed by atoms with Crippen LogP contribution in [0.5, 0.6) is 0 Å². The number of amides is 2. The van der Waals surface area contributed by atoms with Crippen LogP contribution in [0, 0.1) is 13.8 Å². The largest absolute Gasteiger partial charge is 0.349 e. The summed E-state index contributed by atoms with van der Waals surface area (Å²) in [6.07, 6.45) is 5.03. The molecule has 1 N–H and O–H groups in total. The summed E-state index contributed by atoms with van der Waals surface area (Å²) in [5.74, 6) is -0.601. The third kappa shape index (κ3) is 5.22. The van der Waals surface area contributed by atoms with Crippen LogP contribution >= 0.6 is 0 Å². The maximum absolute atomic E-state index is 13.0. The number of carbonyl (C=O) groups is 2. The maximum Gasteiger partial charge on any atom is 0.264 e. The van der Waals surface area contributed by atoms with E-state index in [1.165, 1.54) is 9.47 Å². The number of hydrogen-bond donors (Lipinski definition) is 1. The van der Waals surface area contributed by atoms with Gasteiger partial charge in [0.05, 0.1) is 30.6 Å². The van der Waals surface area contributed by atoms with Crippen molar-refractivity contribution in [3.8, 4) is 0 Å². The lowest BCUT2D eigenvalue weighted by molar-refractivity contribution is -0.127. The van der Waals surface area contributed by atoms with Crippen LogP contribution in [0.1, 0.15) is 32.9 Å². The summed E-state index contributed by atoms with van der Waals surface area (Å²) in [6.45, 7) is 3.76. The molecule has 8 heteroatoms. The Morgan fingerprint density at radius 3 is 2.48 bits per heavy atom. The van der Waals surface area contributed by atoms with Gasteiger partial charge in [-0.05, 0) is 37.1 Å². The fourth-order valence-electron chi connectivity index (χ4n) is 3.04. The molecule has 0 saturated heterocycles. The van der Waals surface area contributed by atoms with E-state index < -0.39 is 11.5 Å². The summed E-state index contributed by atoms with van der Waals surface area (Å²) in [5, 5.41) is 2.80. The van der Waals surface area contributed by atoms with Gasteiger partial charge in [-0.15, -0.1) is 0 Å². The number of carbonyl (C=O) groups excluding carboxylic acids is 2. The first-order chi connectivity index (χ1) is 14.8. The summed E-state index contributed by atoms with van der Waals surface area (Å²) in [4.78, 5) is 48.1. The smallest absolute Gasteiger partial charge is 0.264 e. The molecule has 8 nitrogen and oxygen atoms in total. The normalized spacial score (nSPS) is 10.6. The quantitative estimate of drug-likeness (QED) is 0.661. The van der Waals surface area contributed by atoms with Crippen molar-refractivity contribution in [1.82, 2.24) is 19.4 Å². The van der Waals surface area contributed by atoms with E-state index in [9.17, 15) is 14.4 Å². The minimum atomic E-state index is -0.517. The number of anilines is 1. The summed E-state index contributed by atoms with van der Waals surface area (Å²) < 4.78 is 1.43. The van der Waals surface area contributed by atoms with Gasteiger partial charge in [0.25, 0.3) is 11.5 Å². The van der Waals surface area contributed by atoms with Crippen molar-refractivity contribution in [3.63, 3.8) is 0 Å². The average molecular weight is 419 g/mol. The van der Waals surface area contributed by atoms with E-state index >= 15 is 0 Å². The number of likely N-dealkylation sites (N-methyl/N-ethyl adjacent to an activating group) is 1. The highest BCUT2D eigenvalue weighted by Gasteiger charge is 2.18. The van der Waals surface area contributed by atoms with Gasteiger partial charge in [0, 0.05) is 32.2 Å². The Morgan fingerprint density at radius 1 is 1.06 bits per heavy atom. The van der Waals surface area contributed by atoms with Gasteiger partial charge in [0.1, 0.15) is 5.56 Å². The molecule has 0 aliphatic heterocycles. The molecule has 2 heterocycles. The fourth-order valence-corrected chi connectivity index (χ4v) is 3.04. The summed E-state index contributed by atoms with van der Waals surface area (Å²) in [6, 6.07) is 8.79. The molecule has 0 aliphatic rings. The Balaban J connectivity index is 1.88. The third-order valence-electron chi connectivity index (χ3n) is 4.87. The van der Waals surface area contributed by atoms with Crippen molar-refractivity contribution >= 4 is 17.5 Å². The van der Waals surface area contributed by atoms with Crippen LogP contribution < -0.4 is 10.9 Å². The molecule has 0 unspecified atom stereocenters. The second kappa shape index (κ2) is 9.34. The zero-order chi connectivity index (χ0) is 22.5. The molecule has 0 fully saturated rings. The van der Waals surface area contributed by atoms with Crippen molar-refractivity contribution in [2.75, 3.05) is 19.4 Å². The lowest BCUT2D eigenvalue weighted by Gasteiger charge is -2.15. The average Bonchev–Trinajstić information content (AvgIpc) is 2.73. The minimum absolute atomic E-state index is 0.0521. The Hall–Kier alpha value is -3.81. The van der Waals surface area contributed by atoms with Gasteiger partial charge >= 0.3 is 0 Å². The first-order valence-corrected chi connectivity index (χ1v) is 9.83. The van der Waals surface area contributed by atoms with Crippen LogP contribution in [-0.2, 0) is 17.8 Å². The number of pyridine rings is 1. The zero-order valence-corrected chi connectivity index (χ0v) is 18.0. The van der Waals surface area contributed by atoms with Gasteiger partial charge in [0.2, 0.25) is 5.91 Å². The lowest BCUT2D eigenvalue weighted by atomic mass is 10.1. The van der Waals surface area contributed by atoms with Gasteiger partial charge < -0.3 is 14.8 Å². The van der Waals surface area contributed by atoms with Crippen LogP contribution in [0.25, 0.3) is 0 Å². The van der Waals surface area contributed by atoms with E-state index in [4.69, 9.17) is 0 Å². The number of nitrogens with one attached hydrogen (secondary N) is 1. The second-order valence-corrected chi connectivity index (χ2v) is 7.53. The number of rotatable bonds is 6. The van der Waals surface area contributed by atoms with Crippen LogP contribution in [0.3, 0.4) is 0 Å². The van der Waals surface area contributed by atoms with Crippen LogP contribution in [-0.4, -0.2) is 45.3 Å². The first-order valence-electron chi connectivity index (χ1n) is 9.83. The van der Waals surface area contributed by atoms with E-state index in [2.05, 4.69) is 15.3 Å². The standard InChI is InChI=1S/C23H25N5O3/c1-15-9-10-28(14-18-13-24-16(2)12-25-18)23(31)21(15)22(30)26-19-8-6-5-7-17(19)11-20(29)27(3)4/h5-10,12-13H,11,14H2,1-4H3,(H,26,30). The molecule has 3 aromatic rings. The predicted octanol–water partition coefficient (Wildman–Crippen LogP) is 2.19. The van der Waals surface area contributed by atoms with Gasteiger partial charge in [-0.25, -0.2) is 0 Å². The van der Waals surface area contributed by atoms with E-state index in [1.54, 1.807) is 69.9 Å². The van der Waals surface area contributed by atoms with E-state index in [0.717, 1.165) is 5.69 Å². The maximum atomic E-state index is 13.0. The molecule has 0 radical (unpaired) electrons. The summed E-state index contributed by atoms with van der Waals surface area (Å²) >= 11 is 0. The third-order valence-corrected chi connectivity index (χ3v) is 4.87. The molecule has 2 amide bonds. The fraction of sp³-hybridized carbons (Fsp3) is 0.261. The number of aryl methyl sites for hydroxylation is 2.